The second-order valence-corrected chi connectivity index (χ2v) is 7.27. The topological polar surface area (TPSA) is 89.0 Å². The standard InChI is InChI=1S/C15H15N3O3S/c1-9-10(2)17-14-7-11(3-4-13(14)16-9)15(19)18-12-5-6-22(20,21)8-12/h3-7,12H,8H2,1-2H3,(H,18,19)/t12-/m0/s1. The fourth-order valence-corrected chi connectivity index (χ4v) is 3.52. The molecule has 0 aliphatic carbocycles. The van der Waals surface area contributed by atoms with Crippen molar-refractivity contribution in [3.63, 3.8) is 0 Å². The molecular formula is C15H15N3O3S. The van der Waals surface area contributed by atoms with E-state index in [2.05, 4.69) is 15.3 Å². The first-order valence-electron chi connectivity index (χ1n) is 6.81. The van der Waals surface area contributed by atoms with Crippen LogP contribution in [0.1, 0.15) is 21.7 Å². The number of aromatic nitrogens is 2. The van der Waals surface area contributed by atoms with Gasteiger partial charge < -0.3 is 5.32 Å². The molecule has 1 amide bonds. The third kappa shape index (κ3) is 2.85. The van der Waals surface area contributed by atoms with Crippen molar-refractivity contribution < 1.29 is 13.2 Å². The fourth-order valence-electron chi connectivity index (χ4n) is 2.29. The number of nitrogens with zero attached hydrogens (tertiary/aromatic N) is 2. The summed E-state index contributed by atoms with van der Waals surface area (Å²) in [7, 11) is -3.19. The Balaban J connectivity index is 1.85. The van der Waals surface area contributed by atoms with E-state index in [1.807, 2.05) is 13.8 Å². The Bertz CT molecular complexity index is 904. The van der Waals surface area contributed by atoms with Crippen molar-refractivity contribution in [3.8, 4) is 0 Å². The minimum absolute atomic E-state index is 0.0928. The van der Waals surface area contributed by atoms with E-state index in [4.69, 9.17) is 0 Å². The van der Waals surface area contributed by atoms with E-state index in [9.17, 15) is 13.2 Å². The molecular weight excluding hydrogens is 302 g/mol. The lowest BCUT2D eigenvalue weighted by Crippen LogP contribution is -2.35. The molecule has 2 aromatic rings. The Morgan fingerprint density at radius 2 is 1.86 bits per heavy atom. The molecule has 3 rings (SSSR count). The zero-order chi connectivity index (χ0) is 15.9. The molecule has 1 aromatic heterocycles. The largest absolute Gasteiger partial charge is 0.345 e. The lowest BCUT2D eigenvalue weighted by Gasteiger charge is -2.10. The molecule has 6 nitrogen and oxygen atoms in total. The third-order valence-corrected chi connectivity index (χ3v) is 4.98. The number of hydrogen-bond acceptors (Lipinski definition) is 5. The Morgan fingerprint density at radius 1 is 1.18 bits per heavy atom. The highest BCUT2D eigenvalue weighted by Gasteiger charge is 2.23. The predicted molar refractivity (Wildman–Crippen MR) is 83.2 cm³/mol. The molecule has 0 unspecified atom stereocenters. The molecule has 0 saturated heterocycles. The van der Waals surface area contributed by atoms with Crippen LogP contribution in [-0.4, -0.2) is 36.1 Å². The molecule has 0 radical (unpaired) electrons. The molecule has 0 spiro atoms. The zero-order valence-electron chi connectivity index (χ0n) is 12.2. The minimum Gasteiger partial charge on any atom is -0.345 e. The summed E-state index contributed by atoms with van der Waals surface area (Å²) in [6.07, 6.45) is 1.49. The summed E-state index contributed by atoms with van der Waals surface area (Å²) in [6, 6.07) is 4.58. The second kappa shape index (κ2) is 5.17. The summed E-state index contributed by atoms with van der Waals surface area (Å²) in [5.41, 5.74) is 3.47. The van der Waals surface area contributed by atoms with Gasteiger partial charge in [-0.15, -0.1) is 0 Å². The Labute approximate surface area is 128 Å². The number of carbonyl (C=O) groups is 1. The summed E-state index contributed by atoms with van der Waals surface area (Å²) in [5.74, 6) is -0.418. The Kier molecular flexibility index (Phi) is 3.44. The molecule has 1 N–H and O–H groups in total. The summed E-state index contributed by atoms with van der Waals surface area (Å²) < 4.78 is 22.7. The summed E-state index contributed by atoms with van der Waals surface area (Å²) in [5, 5.41) is 3.82. The van der Waals surface area contributed by atoms with E-state index in [0.717, 1.165) is 22.3 Å². The molecule has 1 atom stereocenters. The maximum absolute atomic E-state index is 12.2. The maximum atomic E-state index is 12.2. The third-order valence-electron chi connectivity index (χ3n) is 3.58. The van der Waals surface area contributed by atoms with Gasteiger partial charge in [-0.1, -0.05) is 0 Å². The normalized spacial score (nSPS) is 19.5. The summed E-state index contributed by atoms with van der Waals surface area (Å²) >= 11 is 0. The van der Waals surface area contributed by atoms with E-state index in [0.29, 0.717) is 11.1 Å². The lowest BCUT2D eigenvalue weighted by atomic mass is 10.1. The molecule has 7 heteroatoms. The molecule has 1 aromatic carbocycles. The number of carbonyl (C=O) groups excluding carboxylic acids is 1. The SMILES string of the molecule is Cc1nc2ccc(C(=O)N[C@H]3C=CS(=O)(=O)C3)cc2nc1C. The summed E-state index contributed by atoms with van der Waals surface area (Å²) in [6.45, 7) is 3.75. The average Bonchev–Trinajstić information content (AvgIpc) is 2.78. The first kappa shape index (κ1) is 14.6. The van der Waals surface area contributed by atoms with Gasteiger partial charge in [0, 0.05) is 11.0 Å². The molecule has 1 aliphatic rings. The van der Waals surface area contributed by atoms with Crippen LogP contribution >= 0.6 is 0 Å². The van der Waals surface area contributed by atoms with Gasteiger partial charge in [-0.2, -0.15) is 0 Å². The van der Waals surface area contributed by atoms with Crippen molar-refractivity contribution in [2.24, 2.45) is 0 Å². The second-order valence-electron chi connectivity index (χ2n) is 5.34. The Hall–Kier alpha value is -2.28. The molecule has 0 saturated carbocycles. The van der Waals surface area contributed by atoms with Crippen molar-refractivity contribution >= 4 is 26.8 Å². The average molecular weight is 317 g/mol. The van der Waals surface area contributed by atoms with Crippen molar-refractivity contribution in [1.82, 2.24) is 15.3 Å². The first-order chi connectivity index (χ1) is 10.3. The van der Waals surface area contributed by atoms with Gasteiger partial charge >= 0.3 is 0 Å². The first-order valence-corrected chi connectivity index (χ1v) is 8.52. The lowest BCUT2D eigenvalue weighted by molar-refractivity contribution is 0.0948. The van der Waals surface area contributed by atoms with Gasteiger partial charge in [-0.25, -0.2) is 18.4 Å². The minimum atomic E-state index is -3.19. The highest BCUT2D eigenvalue weighted by Crippen LogP contribution is 2.15. The van der Waals surface area contributed by atoms with E-state index in [1.165, 1.54) is 6.08 Å². The van der Waals surface area contributed by atoms with Crippen LogP contribution in [-0.2, 0) is 9.84 Å². The Morgan fingerprint density at radius 3 is 2.50 bits per heavy atom. The van der Waals surface area contributed by atoms with E-state index >= 15 is 0 Å². The van der Waals surface area contributed by atoms with Crippen LogP contribution in [0.15, 0.2) is 29.7 Å². The number of rotatable bonds is 2. The van der Waals surface area contributed by atoms with Crippen LogP contribution in [0.3, 0.4) is 0 Å². The van der Waals surface area contributed by atoms with Gasteiger partial charge in [0.1, 0.15) is 0 Å². The van der Waals surface area contributed by atoms with Gasteiger partial charge in [0.15, 0.2) is 9.84 Å². The summed E-state index contributed by atoms with van der Waals surface area (Å²) in [4.78, 5) is 21.1. The predicted octanol–water partition coefficient (Wildman–Crippen LogP) is 1.29. The van der Waals surface area contributed by atoms with E-state index in [1.54, 1.807) is 18.2 Å². The fraction of sp³-hybridized carbons (Fsp3) is 0.267. The molecule has 22 heavy (non-hydrogen) atoms. The quantitative estimate of drug-likeness (QED) is 0.901. The number of amides is 1. The van der Waals surface area contributed by atoms with Gasteiger partial charge in [0.05, 0.1) is 34.2 Å². The van der Waals surface area contributed by atoms with Crippen LogP contribution < -0.4 is 5.32 Å². The number of aryl methyl sites for hydroxylation is 2. The van der Waals surface area contributed by atoms with Crippen LogP contribution in [0.4, 0.5) is 0 Å². The molecule has 0 fully saturated rings. The monoisotopic (exact) mass is 317 g/mol. The van der Waals surface area contributed by atoms with Gasteiger partial charge in [-0.05, 0) is 38.1 Å². The smallest absolute Gasteiger partial charge is 0.251 e. The highest BCUT2D eigenvalue weighted by molar-refractivity contribution is 7.94. The van der Waals surface area contributed by atoms with Gasteiger partial charge in [-0.3, -0.25) is 4.79 Å². The molecule has 1 aliphatic heterocycles. The van der Waals surface area contributed by atoms with Crippen molar-refractivity contribution in [3.05, 3.63) is 46.6 Å². The number of benzene rings is 1. The van der Waals surface area contributed by atoms with E-state index in [-0.39, 0.29) is 11.7 Å². The van der Waals surface area contributed by atoms with Gasteiger partial charge in [0.25, 0.3) is 5.91 Å². The number of nitrogens with one attached hydrogen (secondary N) is 1. The van der Waals surface area contributed by atoms with Crippen molar-refractivity contribution in [2.45, 2.75) is 19.9 Å². The van der Waals surface area contributed by atoms with Crippen molar-refractivity contribution in [1.29, 1.82) is 0 Å². The number of hydrogen-bond donors (Lipinski definition) is 1. The zero-order valence-corrected chi connectivity index (χ0v) is 13.0. The van der Waals surface area contributed by atoms with Gasteiger partial charge in [0.2, 0.25) is 0 Å². The number of fused-ring (bicyclic) bond motifs is 1. The van der Waals surface area contributed by atoms with Crippen LogP contribution in [0, 0.1) is 13.8 Å². The van der Waals surface area contributed by atoms with Crippen LogP contribution in [0.5, 0.6) is 0 Å². The van der Waals surface area contributed by atoms with Crippen molar-refractivity contribution in [2.75, 3.05) is 5.75 Å². The molecule has 2 heterocycles. The molecule has 0 bridgehead atoms. The number of sulfone groups is 1. The maximum Gasteiger partial charge on any atom is 0.251 e. The van der Waals surface area contributed by atoms with Crippen LogP contribution in [0.2, 0.25) is 0 Å². The van der Waals surface area contributed by atoms with E-state index < -0.39 is 15.9 Å². The molecule has 114 valence electrons. The van der Waals surface area contributed by atoms with Crippen LogP contribution in [0.25, 0.3) is 11.0 Å². The highest BCUT2D eigenvalue weighted by atomic mass is 32.2.